The van der Waals surface area contributed by atoms with Crippen LogP contribution in [-0.2, 0) is 11.2 Å². The minimum Gasteiger partial charge on any atom is -0.497 e. The number of benzene rings is 2. The minimum absolute atomic E-state index is 0.147. The van der Waals surface area contributed by atoms with Gasteiger partial charge in [0.15, 0.2) is 0 Å². The molecular weight excluding hydrogens is 363 g/mol. The number of halogens is 2. The summed E-state index contributed by atoms with van der Waals surface area (Å²) in [5, 5.41) is 14.5. The maximum absolute atomic E-state index is 11.2. The van der Waals surface area contributed by atoms with Gasteiger partial charge in [-0.05, 0) is 36.4 Å². The molecule has 1 N–H and O–H groups in total. The van der Waals surface area contributed by atoms with Gasteiger partial charge in [0.05, 0.1) is 35.0 Å². The van der Waals surface area contributed by atoms with Gasteiger partial charge in [-0.1, -0.05) is 29.3 Å². The fourth-order valence-electron chi connectivity index (χ4n) is 2.46. The van der Waals surface area contributed by atoms with E-state index in [4.69, 9.17) is 27.9 Å². The molecule has 3 aromatic rings. The van der Waals surface area contributed by atoms with Crippen molar-refractivity contribution in [1.29, 1.82) is 0 Å². The van der Waals surface area contributed by atoms with Crippen molar-refractivity contribution in [2.75, 3.05) is 7.11 Å². The largest absolute Gasteiger partial charge is 0.497 e. The molecule has 0 fully saturated rings. The number of aromatic nitrogens is 2. The molecule has 0 aliphatic rings. The number of hydrogen-bond acceptors (Lipinski definition) is 3. The van der Waals surface area contributed by atoms with Crippen molar-refractivity contribution in [3.05, 3.63) is 64.3 Å². The van der Waals surface area contributed by atoms with Crippen LogP contribution in [0.25, 0.3) is 16.9 Å². The molecule has 128 valence electrons. The zero-order chi connectivity index (χ0) is 18.0. The van der Waals surface area contributed by atoms with Gasteiger partial charge >= 0.3 is 5.97 Å². The van der Waals surface area contributed by atoms with Gasteiger partial charge in [0.1, 0.15) is 5.75 Å². The molecule has 1 aromatic heterocycles. The molecule has 25 heavy (non-hydrogen) atoms. The van der Waals surface area contributed by atoms with Gasteiger partial charge in [-0.2, -0.15) is 5.10 Å². The highest BCUT2D eigenvalue weighted by Gasteiger charge is 2.16. The summed E-state index contributed by atoms with van der Waals surface area (Å²) in [7, 11) is 1.59. The lowest BCUT2D eigenvalue weighted by Gasteiger charge is -2.04. The molecule has 0 aliphatic heterocycles. The summed E-state index contributed by atoms with van der Waals surface area (Å²) >= 11 is 12.0. The summed E-state index contributed by atoms with van der Waals surface area (Å²) in [6.45, 7) is 0. The number of nitrogens with zero attached hydrogens (tertiary/aromatic N) is 2. The summed E-state index contributed by atoms with van der Waals surface area (Å²) in [6.07, 6.45) is 1.56. The number of carboxylic acids is 1. The Balaban J connectivity index is 2.07. The van der Waals surface area contributed by atoms with Crippen molar-refractivity contribution in [3.8, 4) is 22.7 Å². The van der Waals surface area contributed by atoms with Crippen LogP contribution in [0.1, 0.15) is 5.56 Å². The van der Waals surface area contributed by atoms with E-state index in [1.807, 2.05) is 24.3 Å². The lowest BCUT2D eigenvalue weighted by Crippen LogP contribution is -2.00. The van der Waals surface area contributed by atoms with Crippen molar-refractivity contribution < 1.29 is 14.6 Å². The number of carbonyl (C=O) groups is 1. The monoisotopic (exact) mass is 376 g/mol. The van der Waals surface area contributed by atoms with Gasteiger partial charge < -0.3 is 9.84 Å². The number of aliphatic carboxylic acids is 1. The molecule has 0 aliphatic carbocycles. The van der Waals surface area contributed by atoms with Gasteiger partial charge in [0.2, 0.25) is 0 Å². The van der Waals surface area contributed by atoms with E-state index in [1.165, 1.54) is 0 Å². The van der Waals surface area contributed by atoms with Crippen LogP contribution in [0.2, 0.25) is 10.0 Å². The summed E-state index contributed by atoms with van der Waals surface area (Å²) < 4.78 is 6.78. The predicted octanol–water partition coefficient (Wildman–Crippen LogP) is 4.48. The van der Waals surface area contributed by atoms with E-state index >= 15 is 0 Å². The molecule has 0 spiro atoms. The molecule has 0 bridgehead atoms. The topological polar surface area (TPSA) is 64.3 Å². The third-order valence-corrected chi connectivity index (χ3v) is 4.40. The highest BCUT2D eigenvalue weighted by atomic mass is 35.5. The van der Waals surface area contributed by atoms with Crippen LogP contribution in [0, 0.1) is 0 Å². The first-order valence-corrected chi connectivity index (χ1v) is 8.13. The second-order valence-electron chi connectivity index (χ2n) is 5.34. The average molecular weight is 377 g/mol. The highest BCUT2D eigenvalue weighted by molar-refractivity contribution is 6.42. The van der Waals surface area contributed by atoms with Gasteiger partial charge in [0, 0.05) is 17.3 Å². The van der Waals surface area contributed by atoms with Crippen molar-refractivity contribution in [2.45, 2.75) is 6.42 Å². The molecule has 3 rings (SSSR count). The Morgan fingerprint density at radius 2 is 1.88 bits per heavy atom. The molecule has 5 nitrogen and oxygen atoms in total. The highest BCUT2D eigenvalue weighted by Crippen LogP contribution is 2.30. The van der Waals surface area contributed by atoms with Crippen LogP contribution in [0.5, 0.6) is 5.75 Å². The molecule has 0 radical (unpaired) electrons. The van der Waals surface area contributed by atoms with Crippen molar-refractivity contribution in [3.63, 3.8) is 0 Å². The van der Waals surface area contributed by atoms with E-state index in [1.54, 1.807) is 36.2 Å². The second-order valence-corrected chi connectivity index (χ2v) is 6.16. The number of rotatable bonds is 5. The zero-order valence-electron chi connectivity index (χ0n) is 13.2. The minimum atomic E-state index is -0.935. The van der Waals surface area contributed by atoms with E-state index in [9.17, 15) is 9.90 Å². The molecule has 0 unspecified atom stereocenters. The first-order valence-electron chi connectivity index (χ1n) is 7.38. The maximum atomic E-state index is 11.2. The number of methoxy groups -OCH3 is 1. The van der Waals surface area contributed by atoms with Crippen LogP contribution in [-0.4, -0.2) is 28.0 Å². The lowest BCUT2D eigenvalue weighted by atomic mass is 10.1. The first kappa shape index (κ1) is 17.3. The number of ether oxygens (including phenoxy) is 1. The molecule has 0 saturated heterocycles. The predicted molar refractivity (Wildman–Crippen MR) is 96.9 cm³/mol. The Morgan fingerprint density at radius 3 is 2.48 bits per heavy atom. The van der Waals surface area contributed by atoms with Crippen LogP contribution in [0.4, 0.5) is 0 Å². The van der Waals surface area contributed by atoms with E-state index in [0.717, 1.165) is 11.4 Å². The number of carboxylic acid groups (broad SMARTS) is 1. The van der Waals surface area contributed by atoms with E-state index in [2.05, 4.69) is 5.10 Å². The average Bonchev–Trinajstić information content (AvgIpc) is 3.00. The van der Waals surface area contributed by atoms with Gasteiger partial charge in [-0.3, -0.25) is 4.79 Å². The van der Waals surface area contributed by atoms with Crippen LogP contribution in [0.3, 0.4) is 0 Å². The van der Waals surface area contributed by atoms with Crippen molar-refractivity contribution >= 4 is 29.2 Å². The lowest BCUT2D eigenvalue weighted by molar-refractivity contribution is -0.136. The van der Waals surface area contributed by atoms with Crippen LogP contribution < -0.4 is 4.74 Å². The normalized spacial score (nSPS) is 10.7. The molecule has 0 amide bonds. The van der Waals surface area contributed by atoms with Crippen LogP contribution >= 0.6 is 23.2 Å². The fraction of sp³-hybridized carbons (Fsp3) is 0.111. The smallest absolute Gasteiger partial charge is 0.307 e. The van der Waals surface area contributed by atoms with Crippen molar-refractivity contribution in [2.24, 2.45) is 0 Å². The fourth-order valence-corrected chi connectivity index (χ4v) is 2.75. The Kier molecular flexibility index (Phi) is 4.97. The maximum Gasteiger partial charge on any atom is 0.307 e. The zero-order valence-corrected chi connectivity index (χ0v) is 14.8. The first-order chi connectivity index (χ1) is 12.0. The number of hydrogen-bond donors (Lipinski definition) is 1. The van der Waals surface area contributed by atoms with Crippen LogP contribution in [0.15, 0.2) is 48.7 Å². The van der Waals surface area contributed by atoms with Crippen molar-refractivity contribution in [1.82, 2.24) is 9.78 Å². The van der Waals surface area contributed by atoms with Gasteiger partial charge in [-0.25, -0.2) is 4.68 Å². The molecule has 2 aromatic carbocycles. The SMILES string of the molecule is COc1ccc(-n2cc(CC(=O)O)c(-c3ccc(Cl)c(Cl)c3)n2)cc1. The summed E-state index contributed by atoms with van der Waals surface area (Å²) in [6, 6.07) is 12.4. The summed E-state index contributed by atoms with van der Waals surface area (Å²) in [4.78, 5) is 11.2. The molecule has 7 heteroatoms. The second kappa shape index (κ2) is 7.17. The molecule has 0 atom stereocenters. The van der Waals surface area contributed by atoms with Gasteiger partial charge in [0.25, 0.3) is 0 Å². The molecular formula is C18H14Cl2N2O3. The molecule has 1 heterocycles. The standard InChI is InChI=1S/C18H14Cl2N2O3/c1-25-14-5-3-13(4-6-14)22-10-12(9-17(23)24)18(21-22)11-2-7-15(19)16(20)8-11/h2-8,10H,9H2,1H3,(H,23,24). The van der Waals surface area contributed by atoms with E-state index < -0.39 is 5.97 Å². The van der Waals surface area contributed by atoms with Gasteiger partial charge in [-0.15, -0.1) is 0 Å². The Morgan fingerprint density at radius 1 is 1.16 bits per heavy atom. The Labute approximate surface area is 154 Å². The summed E-state index contributed by atoms with van der Waals surface area (Å²) in [5.74, 6) is -0.207. The van der Waals surface area contributed by atoms with E-state index in [-0.39, 0.29) is 6.42 Å². The quantitative estimate of drug-likeness (QED) is 0.712. The summed E-state index contributed by atoms with van der Waals surface area (Å²) in [5.41, 5.74) is 2.63. The Hall–Kier alpha value is -2.50. The third kappa shape index (κ3) is 3.78. The molecule has 0 saturated carbocycles. The van der Waals surface area contributed by atoms with E-state index in [0.29, 0.717) is 26.9 Å². The third-order valence-electron chi connectivity index (χ3n) is 3.66. The Bertz CT molecular complexity index is 921.